The van der Waals surface area contributed by atoms with Gasteiger partial charge in [-0.25, -0.2) is 4.57 Å². The molecule has 0 fully saturated rings. The number of fused-ring (bicyclic) bond motifs is 7. The summed E-state index contributed by atoms with van der Waals surface area (Å²) in [5.41, 5.74) is 2.98. The predicted molar refractivity (Wildman–Crippen MR) is 135 cm³/mol. The van der Waals surface area contributed by atoms with Gasteiger partial charge >= 0.3 is 7.60 Å². The van der Waals surface area contributed by atoms with E-state index >= 15 is 0 Å². The molecule has 33 heavy (non-hydrogen) atoms. The molecule has 5 aromatic rings. The third-order valence-corrected chi connectivity index (χ3v) is 8.32. The van der Waals surface area contributed by atoms with Crippen LogP contribution in [0.15, 0.2) is 103 Å². The minimum absolute atomic E-state index is 0.0166. The van der Waals surface area contributed by atoms with E-state index in [1.54, 1.807) is 0 Å². The van der Waals surface area contributed by atoms with E-state index in [9.17, 15) is 4.57 Å². The van der Waals surface area contributed by atoms with Crippen LogP contribution in [0.25, 0.3) is 32.7 Å². The summed E-state index contributed by atoms with van der Waals surface area (Å²) in [6, 6.07) is 34.4. The van der Waals surface area contributed by atoms with Gasteiger partial charge in [0.1, 0.15) is 11.5 Å². The fourth-order valence-corrected chi connectivity index (χ4v) is 6.76. The minimum Gasteiger partial charge on any atom is -0.415 e. The van der Waals surface area contributed by atoms with Crippen molar-refractivity contribution in [1.29, 1.82) is 0 Å². The van der Waals surface area contributed by atoms with E-state index < -0.39 is 7.60 Å². The Bertz CT molecular complexity index is 1450. The normalized spacial score (nSPS) is 15.1. The Morgan fingerprint density at radius 2 is 1.12 bits per heavy atom. The van der Waals surface area contributed by atoms with E-state index in [2.05, 4.69) is 43.3 Å². The van der Waals surface area contributed by atoms with E-state index in [1.807, 2.05) is 66.7 Å². The Kier molecular flexibility index (Phi) is 4.74. The lowest BCUT2D eigenvalue weighted by Crippen LogP contribution is -2.09. The molecular weight excluding hydrogens is 427 g/mol. The van der Waals surface area contributed by atoms with Gasteiger partial charge in [0.2, 0.25) is 0 Å². The van der Waals surface area contributed by atoms with Gasteiger partial charge in [0.15, 0.2) is 0 Å². The van der Waals surface area contributed by atoms with E-state index in [0.717, 1.165) is 38.2 Å². The van der Waals surface area contributed by atoms with Gasteiger partial charge in [0, 0.05) is 11.1 Å². The Morgan fingerprint density at radius 1 is 0.636 bits per heavy atom. The fourth-order valence-electron chi connectivity index (χ4n) is 4.79. The van der Waals surface area contributed by atoms with Crippen LogP contribution in [0.1, 0.15) is 18.4 Å². The Morgan fingerprint density at radius 3 is 1.67 bits per heavy atom. The van der Waals surface area contributed by atoms with Crippen LogP contribution in [0.4, 0.5) is 0 Å². The molecule has 0 saturated heterocycles. The van der Waals surface area contributed by atoms with Crippen molar-refractivity contribution in [2.24, 2.45) is 0 Å². The SMILES string of the molecule is C[C@@H](CP1(=O)Oc2ccc3ccccc3c2-c2c(ccc3ccccc23)O1)c1ccccc1. The summed E-state index contributed by atoms with van der Waals surface area (Å²) >= 11 is 0. The molecule has 0 radical (unpaired) electrons. The van der Waals surface area contributed by atoms with Crippen LogP contribution in [-0.2, 0) is 4.57 Å². The minimum atomic E-state index is -3.50. The van der Waals surface area contributed by atoms with E-state index in [0.29, 0.717) is 11.5 Å². The molecule has 1 heterocycles. The van der Waals surface area contributed by atoms with Gasteiger partial charge < -0.3 is 9.05 Å². The second-order valence-corrected chi connectivity index (χ2v) is 10.6. The van der Waals surface area contributed by atoms with Gasteiger partial charge in [-0.3, -0.25) is 0 Å². The first-order chi connectivity index (χ1) is 16.1. The highest BCUT2D eigenvalue weighted by Crippen LogP contribution is 2.59. The summed E-state index contributed by atoms with van der Waals surface area (Å²) in [6.45, 7) is 2.06. The molecule has 162 valence electrons. The van der Waals surface area contributed by atoms with Crippen molar-refractivity contribution in [1.82, 2.24) is 0 Å². The summed E-state index contributed by atoms with van der Waals surface area (Å²) < 4.78 is 26.8. The monoisotopic (exact) mass is 450 g/mol. The highest BCUT2D eigenvalue weighted by Gasteiger charge is 2.37. The third kappa shape index (κ3) is 3.50. The van der Waals surface area contributed by atoms with Crippen molar-refractivity contribution < 1.29 is 13.6 Å². The second kappa shape index (κ2) is 7.79. The van der Waals surface area contributed by atoms with Crippen LogP contribution >= 0.6 is 7.60 Å². The van der Waals surface area contributed by atoms with Crippen molar-refractivity contribution in [2.45, 2.75) is 12.8 Å². The Labute approximate surface area is 193 Å². The molecule has 6 rings (SSSR count). The average Bonchev–Trinajstić information content (AvgIpc) is 2.98. The molecule has 3 nitrogen and oxygen atoms in total. The molecule has 0 unspecified atom stereocenters. The standard InChI is InChI=1S/C29H23O3P/c1-20(21-9-3-2-4-10-21)19-33(30)31-26-17-15-22-11-5-7-13-24(22)28(26)29-25-14-8-6-12-23(25)16-18-27(29)32-33/h2-18,20H,19H2,1H3/t20-/m0/s1. The maximum absolute atomic E-state index is 14.2. The lowest BCUT2D eigenvalue weighted by molar-refractivity contribution is 0.388. The molecule has 0 aliphatic carbocycles. The molecular formula is C29H23O3P. The Balaban J connectivity index is 1.58. The highest BCUT2D eigenvalue weighted by molar-refractivity contribution is 7.54. The fraction of sp³-hybridized carbons (Fsp3) is 0.103. The topological polar surface area (TPSA) is 35.5 Å². The zero-order valence-corrected chi connectivity index (χ0v) is 19.2. The first kappa shape index (κ1) is 20.1. The lowest BCUT2D eigenvalue weighted by atomic mass is 9.92. The first-order valence-corrected chi connectivity index (χ1v) is 12.9. The van der Waals surface area contributed by atoms with Gasteiger partial charge in [0.25, 0.3) is 0 Å². The molecule has 0 spiro atoms. The number of hydrogen-bond donors (Lipinski definition) is 0. The van der Waals surface area contributed by atoms with Crippen molar-refractivity contribution in [3.05, 3.63) is 109 Å². The van der Waals surface area contributed by atoms with Gasteiger partial charge in [-0.1, -0.05) is 97.9 Å². The van der Waals surface area contributed by atoms with Crippen LogP contribution in [0.3, 0.4) is 0 Å². The number of benzene rings is 5. The number of rotatable bonds is 3. The molecule has 1 aliphatic rings. The molecule has 0 amide bonds. The molecule has 0 bridgehead atoms. The smallest absolute Gasteiger partial charge is 0.415 e. The summed E-state index contributed by atoms with van der Waals surface area (Å²) in [6.07, 6.45) is 0.287. The number of hydrogen-bond acceptors (Lipinski definition) is 3. The van der Waals surface area contributed by atoms with Gasteiger partial charge in [0.05, 0.1) is 6.16 Å². The van der Waals surface area contributed by atoms with Crippen molar-refractivity contribution >= 4 is 29.1 Å². The third-order valence-electron chi connectivity index (χ3n) is 6.37. The maximum atomic E-state index is 14.2. The van der Waals surface area contributed by atoms with Crippen LogP contribution < -0.4 is 9.05 Å². The predicted octanol–water partition coefficient (Wildman–Crippen LogP) is 8.43. The lowest BCUT2D eigenvalue weighted by Gasteiger charge is -2.21. The van der Waals surface area contributed by atoms with Crippen LogP contribution in [-0.4, -0.2) is 6.16 Å². The van der Waals surface area contributed by atoms with Gasteiger partial charge in [-0.05, 0) is 45.2 Å². The van der Waals surface area contributed by atoms with Crippen LogP contribution in [0, 0.1) is 0 Å². The van der Waals surface area contributed by atoms with E-state index in [4.69, 9.17) is 9.05 Å². The molecule has 0 saturated carbocycles. The maximum Gasteiger partial charge on any atom is 0.431 e. The molecule has 4 heteroatoms. The van der Waals surface area contributed by atoms with Gasteiger partial charge in [-0.15, -0.1) is 0 Å². The summed E-state index contributed by atoms with van der Waals surface area (Å²) in [4.78, 5) is 0. The summed E-state index contributed by atoms with van der Waals surface area (Å²) in [5, 5.41) is 4.32. The molecule has 5 aromatic carbocycles. The first-order valence-electron chi connectivity index (χ1n) is 11.2. The van der Waals surface area contributed by atoms with Crippen molar-refractivity contribution in [3.63, 3.8) is 0 Å². The molecule has 1 aliphatic heterocycles. The highest BCUT2D eigenvalue weighted by atomic mass is 31.2. The van der Waals surface area contributed by atoms with Crippen molar-refractivity contribution in [3.8, 4) is 22.6 Å². The van der Waals surface area contributed by atoms with E-state index in [-0.39, 0.29) is 12.1 Å². The molecule has 0 aromatic heterocycles. The van der Waals surface area contributed by atoms with E-state index in [1.165, 1.54) is 0 Å². The summed E-state index contributed by atoms with van der Waals surface area (Å²) in [5.74, 6) is 1.22. The summed E-state index contributed by atoms with van der Waals surface area (Å²) in [7, 11) is -3.50. The zero-order valence-electron chi connectivity index (χ0n) is 18.3. The molecule has 0 N–H and O–H groups in total. The zero-order chi connectivity index (χ0) is 22.4. The quantitative estimate of drug-likeness (QED) is 0.259. The van der Waals surface area contributed by atoms with Crippen molar-refractivity contribution in [2.75, 3.05) is 6.16 Å². The Hall–Kier alpha value is -3.55. The largest absolute Gasteiger partial charge is 0.431 e. The second-order valence-electron chi connectivity index (χ2n) is 8.61. The van der Waals surface area contributed by atoms with Crippen LogP contribution in [0.5, 0.6) is 11.5 Å². The van der Waals surface area contributed by atoms with Crippen LogP contribution in [0.2, 0.25) is 0 Å². The van der Waals surface area contributed by atoms with Gasteiger partial charge in [-0.2, -0.15) is 0 Å². The molecule has 1 atom stereocenters. The average molecular weight is 450 g/mol.